The molecule has 2 aromatic heterocycles. The Balaban J connectivity index is 1.62. The summed E-state index contributed by atoms with van der Waals surface area (Å²) in [5, 5.41) is 32.6. The van der Waals surface area contributed by atoms with E-state index < -0.39 is 52.3 Å². The highest BCUT2D eigenvalue weighted by atomic mass is 35.5. The van der Waals surface area contributed by atoms with Crippen LogP contribution in [0.3, 0.4) is 0 Å². The maximum absolute atomic E-state index is 15.2. The number of rotatable bonds is 9. The Labute approximate surface area is 232 Å². The Morgan fingerprint density at radius 3 is 2.50 bits per heavy atom. The second kappa shape index (κ2) is 11.6. The van der Waals surface area contributed by atoms with Gasteiger partial charge in [-0.1, -0.05) is 23.7 Å². The molecule has 0 radical (unpaired) electrons. The highest BCUT2D eigenvalue weighted by Crippen LogP contribution is 2.55. The Morgan fingerprint density at radius 1 is 1.23 bits per heavy atom. The van der Waals surface area contributed by atoms with Crippen molar-refractivity contribution in [3.05, 3.63) is 58.4 Å². The number of alkyl halides is 1. The molecule has 40 heavy (non-hydrogen) atoms. The van der Waals surface area contributed by atoms with Crippen molar-refractivity contribution in [1.29, 1.82) is 10.5 Å². The number of nitrogens with one attached hydrogen (secondary N) is 1. The molecule has 1 fully saturated rings. The van der Waals surface area contributed by atoms with Gasteiger partial charge in [-0.15, -0.1) is 0 Å². The average molecular weight is 614 g/mol. The first-order valence-corrected chi connectivity index (χ1v) is 15.5. The third-order valence-corrected chi connectivity index (χ3v) is 9.93. The summed E-state index contributed by atoms with van der Waals surface area (Å²) in [5.41, 5.74) is 1.73. The predicted octanol–water partition coefficient (Wildman–Crippen LogP) is 3.54. The summed E-state index contributed by atoms with van der Waals surface area (Å²) in [5.74, 6) is -1.45. The van der Waals surface area contributed by atoms with Gasteiger partial charge >= 0.3 is 15.2 Å². The largest absolute Gasteiger partial charge is 0.387 e. The number of halogens is 2. The van der Waals surface area contributed by atoms with Gasteiger partial charge in [0.05, 0.1) is 23.9 Å². The lowest BCUT2D eigenvalue weighted by Gasteiger charge is -2.20. The zero-order chi connectivity index (χ0) is 29.4. The number of aromatic nitrogens is 2. The number of fused-ring (bicyclic) bond motifs is 1. The number of pyridine rings is 1. The van der Waals surface area contributed by atoms with E-state index in [2.05, 4.69) is 14.8 Å². The number of aliphatic hydroxyl groups excluding tert-OH is 1. The average Bonchev–Trinajstić information content (AvgIpc) is 3.41. The highest BCUT2D eigenvalue weighted by molar-refractivity contribution is 7.70. The van der Waals surface area contributed by atoms with Gasteiger partial charge in [0.2, 0.25) is 0 Å². The van der Waals surface area contributed by atoms with Gasteiger partial charge in [-0.25, -0.2) is 9.37 Å². The second-order valence-electron chi connectivity index (χ2n) is 9.06. The summed E-state index contributed by atoms with van der Waals surface area (Å²) in [6, 6.07) is 12.0. The topological polar surface area (TPSA) is 211 Å². The van der Waals surface area contributed by atoms with E-state index in [1.54, 1.807) is 30.3 Å². The molecule has 0 bridgehead atoms. The van der Waals surface area contributed by atoms with E-state index >= 15 is 4.39 Å². The van der Waals surface area contributed by atoms with Crippen molar-refractivity contribution >= 4 is 43.5 Å². The van der Waals surface area contributed by atoms with Crippen LogP contribution in [0.15, 0.2) is 36.5 Å². The number of anilines is 1. The lowest BCUT2D eigenvalue weighted by atomic mass is 10.1. The van der Waals surface area contributed by atoms with E-state index in [9.17, 15) is 24.4 Å². The Kier molecular flexibility index (Phi) is 8.69. The molecule has 1 aromatic carbocycles. The molecule has 5 N–H and O–H groups in total. The normalized spacial score (nSPS) is 23.3. The third-order valence-electron chi connectivity index (χ3n) is 6.20. The second-order valence-corrected chi connectivity index (χ2v) is 13.4. The van der Waals surface area contributed by atoms with Gasteiger partial charge in [0, 0.05) is 17.6 Å². The van der Waals surface area contributed by atoms with Gasteiger partial charge in [0.1, 0.15) is 29.5 Å². The molecule has 1 saturated heterocycles. The zero-order valence-electron chi connectivity index (χ0n) is 20.6. The van der Waals surface area contributed by atoms with Gasteiger partial charge in [0.15, 0.2) is 23.5 Å². The first-order chi connectivity index (χ1) is 18.7. The van der Waals surface area contributed by atoms with Crippen LogP contribution in [-0.4, -0.2) is 60.2 Å². The lowest BCUT2D eigenvalue weighted by Crippen LogP contribution is -2.31. The number of nitriles is 2. The first kappa shape index (κ1) is 30.1. The number of nitrogens with zero attached hydrogens (tertiary/aromatic N) is 4. The molecule has 0 amide bonds. The summed E-state index contributed by atoms with van der Waals surface area (Å²) in [7, 11) is -9.65. The molecular weight excluding hydrogens is 591 g/mol. The Morgan fingerprint density at radius 2 is 1.90 bits per heavy atom. The van der Waals surface area contributed by atoms with Crippen LogP contribution < -0.4 is 5.32 Å². The number of ether oxygens (including phenoxy) is 1. The molecule has 212 valence electrons. The van der Waals surface area contributed by atoms with Crippen molar-refractivity contribution in [3.63, 3.8) is 0 Å². The third kappa shape index (κ3) is 6.37. The maximum atomic E-state index is 15.2. The summed E-state index contributed by atoms with van der Waals surface area (Å²) >= 11 is 6.31. The fraction of sp³-hybridized carbons (Fsp3) is 0.348. The molecule has 0 saturated carbocycles. The van der Waals surface area contributed by atoms with Crippen molar-refractivity contribution in [2.45, 2.75) is 37.6 Å². The summed E-state index contributed by atoms with van der Waals surface area (Å²) in [4.78, 5) is 31.8. The fourth-order valence-corrected chi connectivity index (χ4v) is 7.06. The maximum Gasteiger partial charge on any atom is 0.340 e. The van der Waals surface area contributed by atoms with Crippen molar-refractivity contribution in [2.75, 3.05) is 17.8 Å². The number of benzene rings is 1. The minimum Gasteiger partial charge on any atom is -0.387 e. The van der Waals surface area contributed by atoms with Crippen LogP contribution in [0.4, 0.5) is 10.1 Å². The standard InChI is InChI=1S/C23H23ClFN5O8P2/c1-12(14-4-2-13(8-26)3-5-14)28-19-15-6-7-30(22(15)29-21(24)16(19)9-27)23-18(25)20(31)17(38-23)10-37-40(35,36)11-39(32,33)34/h2-7,12,17-18,20,23,31H,10-11H2,1H3,(H,28,29)(H,35,36)(H2,32,33,34)/t12-,17+,18-,20+,23+/m0/s1. The number of aliphatic hydroxyl groups is 1. The monoisotopic (exact) mass is 613 g/mol. The molecule has 13 nitrogen and oxygen atoms in total. The van der Waals surface area contributed by atoms with E-state index in [1.807, 2.05) is 19.1 Å². The minimum atomic E-state index is -4.89. The fourth-order valence-electron chi connectivity index (χ4n) is 4.27. The summed E-state index contributed by atoms with van der Waals surface area (Å²) < 4.78 is 49.7. The van der Waals surface area contributed by atoms with E-state index in [1.165, 1.54) is 10.8 Å². The smallest absolute Gasteiger partial charge is 0.340 e. The van der Waals surface area contributed by atoms with Crippen molar-refractivity contribution < 1.29 is 42.6 Å². The molecule has 1 aliphatic heterocycles. The molecular formula is C23H23ClFN5O8P2. The quantitative estimate of drug-likeness (QED) is 0.173. The highest BCUT2D eigenvalue weighted by Gasteiger charge is 2.47. The van der Waals surface area contributed by atoms with E-state index in [0.717, 1.165) is 5.56 Å². The summed E-state index contributed by atoms with van der Waals surface area (Å²) in [6.07, 6.45) is -5.42. The van der Waals surface area contributed by atoms with Crippen LogP contribution in [0, 0.1) is 22.7 Å². The van der Waals surface area contributed by atoms with Gasteiger partial charge in [-0.05, 0) is 30.7 Å². The van der Waals surface area contributed by atoms with Crippen LogP contribution in [-0.2, 0) is 18.4 Å². The molecule has 17 heteroatoms. The molecule has 6 atom stereocenters. The molecule has 1 unspecified atom stereocenters. The Bertz CT molecular complexity index is 1600. The SMILES string of the molecule is C[C@H](Nc1c(C#N)c(Cl)nc2c1ccn2[C@@H]1O[C@H](COP(=O)(O)CP(=O)(O)O)[C@@H](O)[C@@H]1F)c1ccc(C#N)cc1. The first-order valence-electron chi connectivity index (χ1n) is 11.6. The van der Waals surface area contributed by atoms with Crippen LogP contribution in [0.5, 0.6) is 0 Å². The molecule has 3 aromatic rings. The van der Waals surface area contributed by atoms with Crippen molar-refractivity contribution in [1.82, 2.24) is 9.55 Å². The van der Waals surface area contributed by atoms with Crippen molar-refractivity contribution in [3.8, 4) is 12.1 Å². The van der Waals surface area contributed by atoms with Gasteiger partial charge < -0.3 is 38.9 Å². The molecule has 0 aliphatic carbocycles. The minimum absolute atomic E-state index is 0.0339. The van der Waals surface area contributed by atoms with Crippen LogP contribution in [0.1, 0.15) is 35.9 Å². The zero-order valence-corrected chi connectivity index (χ0v) is 23.2. The molecule has 0 spiro atoms. The predicted molar refractivity (Wildman–Crippen MR) is 140 cm³/mol. The van der Waals surface area contributed by atoms with Gasteiger partial charge in [0.25, 0.3) is 0 Å². The summed E-state index contributed by atoms with van der Waals surface area (Å²) in [6.45, 7) is 0.997. The Hall–Kier alpha value is -2.87. The van der Waals surface area contributed by atoms with Gasteiger partial charge in [-0.3, -0.25) is 9.13 Å². The number of hydrogen-bond acceptors (Lipinski definition) is 9. The van der Waals surface area contributed by atoms with Crippen LogP contribution in [0.2, 0.25) is 5.15 Å². The van der Waals surface area contributed by atoms with Crippen molar-refractivity contribution in [2.24, 2.45) is 0 Å². The van der Waals surface area contributed by atoms with E-state index in [-0.39, 0.29) is 22.4 Å². The van der Waals surface area contributed by atoms with Crippen LogP contribution >= 0.6 is 26.8 Å². The van der Waals surface area contributed by atoms with Gasteiger partial charge in [-0.2, -0.15) is 10.5 Å². The molecule has 4 rings (SSSR count). The lowest BCUT2D eigenvalue weighted by molar-refractivity contribution is -0.0423. The molecule has 1 aliphatic rings. The van der Waals surface area contributed by atoms with E-state index in [0.29, 0.717) is 16.6 Å². The van der Waals surface area contributed by atoms with Crippen LogP contribution in [0.25, 0.3) is 11.0 Å². The molecule has 3 heterocycles. The number of hydrogen-bond donors (Lipinski definition) is 5. The van der Waals surface area contributed by atoms with E-state index in [4.69, 9.17) is 31.4 Å².